The highest BCUT2D eigenvalue weighted by molar-refractivity contribution is 7.80. The highest BCUT2D eigenvalue weighted by Gasteiger charge is 2.38. The third-order valence-corrected chi connectivity index (χ3v) is 10.8. The molecule has 0 saturated carbocycles. The van der Waals surface area contributed by atoms with E-state index in [1.165, 1.54) is 35.8 Å². The minimum absolute atomic E-state index is 0.0340. The monoisotopic (exact) mass is 786 g/mol. The molecule has 6 atom stereocenters. The molecule has 5 amide bonds. The van der Waals surface area contributed by atoms with Crippen molar-refractivity contribution in [2.75, 3.05) is 35.4 Å². The van der Waals surface area contributed by atoms with E-state index in [1.54, 1.807) is 77.5 Å². The number of amides is 5. The number of hydrogen-bond acceptors (Lipinski definition) is 9. The van der Waals surface area contributed by atoms with E-state index < -0.39 is 65.8 Å². The number of carbonyl (C=O) groups excluding carboxylic acids is 5. The largest absolute Gasteiger partial charge is 0.497 e. The number of likely N-dealkylation sites (N-methyl/N-ethyl adjacent to an activating group) is 3. The van der Waals surface area contributed by atoms with Gasteiger partial charge in [0.25, 0.3) is 0 Å². The van der Waals surface area contributed by atoms with Gasteiger partial charge in [-0.05, 0) is 80.3 Å². The molecule has 3 aliphatic rings. The molecule has 0 aliphatic carbocycles. The van der Waals surface area contributed by atoms with Crippen LogP contribution in [0.4, 0.5) is 0 Å². The number of nitrogens with one attached hydrogen (secondary N) is 3. The smallest absolute Gasteiger partial charge is 0.246 e. The van der Waals surface area contributed by atoms with Gasteiger partial charge in [-0.2, -0.15) is 0 Å². The van der Waals surface area contributed by atoms with Crippen LogP contribution in [0.15, 0.2) is 66.7 Å². The van der Waals surface area contributed by atoms with Crippen LogP contribution in [0, 0.1) is 0 Å². The molecule has 14 nitrogen and oxygen atoms in total. The number of thiocarbonyl (C=S) groups is 1. The van der Waals surface area contributed by atoms with Crippen LogP contribution in [0.25, 0.3) is 0 Å². The first kappa shape index (κ1) is 41.5. The maximum atomic E-state index is 14.7. The lowest BCUT2D eigenvalue weighted by atomic mass is 9.98. The van der Waals surface area contributed by atoms with Crippen molar-refractivity contribution in [3.8, 4) is 23.0 Å². The molecule has 3 N–H and O–H groups in total. The van der Waals surface area contributed by atoms with E-state index in [-0.39, 0.29) is 24.3 Å². The summed E-state index contributed by atoms with van der Waals surface area (Å²) in [6, 6.07) is 13.8. The van der Waals surface area contributed by atoms with Gasteiger partial charge in [0.15, 0.2) is 11.5 Å². The number of nitrogens with zero attached hydrogens (tertiary/aromatic N) is 3. The Labute approximate surface area is 332 Å². The summed E-state index contributed by atoms with van der Waals surface area (Å²) in [6.07, 6.45) is 0.427. The third-order valence-electron chi connectivity index (χ3n) is 10.4. The standard InChI is InChI=1S/C41H50N6O8S/c1-23-36(48)43-24(2)39(50)46(5)32(19-26-9-14-29(53-7)15-10-26)38(56)44-25(3)40(51)47(6)33-20-27-11-16-30(17-12-27)55-35-22-28(13-18-34(35)54-8)21-31(37(49)42-23)45(4)41(33)52/h9-18,22-25,31-33H,19-21H2,1-8H3,(H,42,49)(H,43,48)(H,44,56)/t23-,24+,25+,31+,32+,33+/m1/s1. The lowest BCUT2D eigenvalue weighted by molar-refractivity contribution is -0.148. The number of methoxy groups -OCH3 is 2. The van der Waals surface area contributed by atoms with Gasteiger partial charge in [0.2, 0.25) is 29.5 Å². The average molecular weight is 787 g/mol. The van der Waals surface area contributed by atoms with E-state index >= 15 is 0 Å². The zero-order valence-electron chi connectivity index (χ0n) is 33.0. The van der Waals surface area contributed by atoms with E-state index in [1.807, 2.05) is 24.3 Å². The lowest BCUT2D eigenvalue weighted by Gasteiger charge is -2.37. The van der Waals surface area contributed by atoms with E-state index in [0.717, 1.165) is 11.1 Å². The number of benzene rings is 3. The topological polar surface area (TPSA) is 159 Å². The minimum Gasteiger partial charge on any atom is -0.497 e. The first-order valence-corrected chi connectivity index (χ1v) is 18.8. The number of ether oxygens (including phenoxy) is 3. The number of fused-ring (bicyclic) bond motifs is 2. The molecule has 298 valence electrons. The highest BCUT2D eigenvalue weighted by atomic mass is 32.1. The fourth-order valence-electron chi connectivity index (χ4n) is 6.83. The predicted molar refractivity (Wildman–Crippen MR) is 214 cm³/mol. The molecule has 1 saturated heterocycles. The van der Waals surface area contributed by atoms with E-state index in [2.05, 4.69) is 16.0 Å². The van der Waals surface area contributed by atoms with Crippen molar-refractivity contribution < 1.29 is 38.2 Å². The molecule has 1 fully saturated rings. The molecule has 3 aromatic carbocycles. The van der Waals surface area contributed by atoms with Crippen LogP contribution in [0.5, 0.6) is 23.0 Å². The molecule has 3 aromatic rings. The van der Waals surface area contributed by atoms with Crippen molar-refractivity contribution >= 4 is 46.7 Å². The first-order valence-electron chi connectivity index (χ1n) is 18.4. The summed E-state index contributed by atoms with van der Waals surface area (Å²) < 4.78 is 17.0. The van der Waals surface area contributed by atoms with Gasteiger partial charge in [0.1, 0.15) is 41.7 Å². The van der Waals surface area contributed by atoms with Crippen LogP contribution < -0.4 is 30.2 Å². The number of hydrogen-bond donors (Lipinski definition) is 3. The SMILES string of the molecule is COc1ccc(C[C@H]2C(=S)N[C@@H](C)C(=O)N(C)[C@H]3Cc4ccc(cc4)Oc4cc(ccc4OC)C[C@@H](C(=O)N[C@H](C)C(=O)N[C@@H](C)C(=O)N2C)N(C)C3=O)cc1. The van der Waals surface area contributed by atoms with Crippen LogP contribution in [0.3, 0.4) is 0 Å². The Balaban J connectivity index is 1.57. The lowest BCUT2D eigenvalue weighted by Crippen LogP contribution is -2.61. The molecule has 6 bridgehead atoms. The molecule has 0 radical (unpaired) electrons. The van der Waals surface area contributed by atoms with Crippen molar-refractivity contribution in [2.45, 2.75) is 76.3 Å². The molecule has 3 aliphatic heterocycles. The summed E-state index contributed by atoms with van der Waals surface area (Å²) in [5.74, 6) is -0.512. The Hall–Kier alpha value is -5.70. The molecular formula is C41H50N6O8S. The van der Waals surface area contributed by atoms with Gasteiger partial charge in [0, 0.05) is 34.0 Å². The molecule has 0 unspecified atom stereocenters. The molecule has 6 rings (SSSR count). The van der Waals surface area contributed by atoms with Crippen molar-refractivity contribution in [3.63, 3.8) is 0 Å². The van der Waals surface area contributed by atoms with Gasteiger partial charge in [-0.25, -0.2) is 0 Å². The zero-order valence-corrected chi connectivity index (χ0v) is 33.8. The summed E-state index contributed by atoms with van der Waals surface area (Å²) in [4.78, 5) is 74.9. The Kier molecular flexibility index (Phi) is 13.2. The highest BCUT2D eigenvalue weighted by Crippen LogP contribution is 2.34. The van der Waals surface area contributed by atoms with Crippen LogP contribution in [0.2, 0.25) is 0 Å². The zero-order chi connectivity index (χ0) is 40.8. The quantitative estimate of drug-likeness (QED) is 0.336. The molecule has 56 heavy (non-hydrogen) atoms. The Morgan fingerprint density at radius 3 is 1.88 bits per heavy atom. The summed E-state index contributed by atoms with van der Waals surface area (Å²) in [5, 5.41) is 8.61. The molecule has 15 heteroatoms. The van der Waals surface area contributed by atoms with Gasteiger partial charge in [-0.15, -0.1) is 0 Å². The molecule has 0 spiro atoms. The number of rotatable bonds is 4. The second kappa shape index (κ2) is 17.8. The van der Waals surface area contributed by atoms with Crippen LogP contribution >= 0.6 is 12.2 Å². The second-order valence-electron chi connectivity index (χ2n) is 14.3. The summed E-state index contributed by atoms with van der Waals surface area (Å²) in [6.45, 7) is 4.69. The molecular weight excluding hydrogens is 737 g/mol. The van der Waals surface area contributed by atoms with Crippen LogP contribution in [-0.2, 0) is 43.2 Å². The van der Waals surface area contributed by atoms with Crippen LogP contribution in [-0.4, -0.2) is 121 Å². The average Bonchev–Trinajstić information content (AvgIpc) is 3.19. The Morgan fingerprint density at radius 1 is 0.661 bits per heavy atom. The third kappa shape index (κ3) is 9.39. The maximum absolute atomic E-state index is 14.7. The van der Waals surface area contributed by atoms with Gasteiger partial charge >= 0.3 is 0 Å². The fourth-order valence-corrected chi connectivity index (χ4v) is 7.25. The Morgan fingerprint density at radius 2 is 1.23 bits per heavy atom. The van der Waals surface area contributed by atoms with E-state index in [4.69, 9.17) is 26.4 Å². The predicted octanol–water partition coefficient (Wildman–Crippen LogP) is 2.65. The Bertz CT molecular complexity index is 1960. The van der Waals surface area contributed by atoms with Gasteiger partial charge in [-0.1, -0.05) is 42.5 Å². The summed E-state index contributed by atoms with van der Waals surface area (Å²) in [5.41, 5.74) is 2.23. The number of carbonyl (C=O) groups is 5. The van der Waals surface area contributed by atoms with Crippen molar-refractivity contribution in [3.05, 3.63) is 83.4 Å². The fraction of sp³-hybridized carbons (Fsp3) is 0.415. The summed E-state index contributed by atoms with van der Waals surface area (Å²) in [7, 11) is 7.73. The maximum Gasteiger partial charge on any atom is 0.246 e. The molecule has 3 heterocycles. The van der Waals surface area contributed by atoms with Gasteiger partial charge in [-0.3, -0.25) is 24.0 Å². The van der Waals surface area contributed by atoms with Crippen molar-refractivity contribution in [1.82, 2.24) is 30.7 Å². The normalized spacial score (nSPS) is 24.3. The van der Waals surface area contributed by atoms with Gasteiger partial charge < -0.3 is 44.9 Å². The van der Waals surface area contributed by atoms with E-state index in [0.29, 0.717) is 28.6 Å². The second-order valence-corrected chi connectivity index (χ2v) is 14.7. The van der Waals surface area contributed by atoms with Crippen molar-refractivity contribution in [2.24, 2.45) is 0 Å². The first-order chi connectivity index (χ1) is 26.6. The van der Waals surface area contributed by atoms with Crippen molar-refractivity contribution in [1.29, 1.82) is 0 Å². The van der Waals surface area contributed by atoms with E-state index in [9.17, 15) is 24.0 Å². The minimum atomic E-state index is -1.13. The summed E-state index contributed by atoms with van der Waals surface area (Å²) >= 11 is 5.90. The molecule has 0 aromatic heterocycles. The van der Waals surface area contributed by atoms with Gasteiger partial charge in [0.05, 0.1) is 25.2 Å². The van der Waals surface area contributed by atoms with Crippen LogP contribution in [0.1, 0.15) is 37.5 Å².